The fourth-order valence-electron chi connectivity index (χ4n) is 0.975. The van der Waals surface area contributed by atoms with E-state index in [9.17, 15) is 4.79 Å². The number of carbonyl (C=O) groups excluding carboxylic acids is 1. The van der Waals surface area contributed by atoms with Gasteiger partial charge < -0.3 is 14.4 Å². The van der Waals surface area contributed by atoms with Crippen LogP contribution in [0.3, 0.4) is 0 Å². The zero-order chi connectivity index (χ0) is 10.1. The van der Waals surface area contributed by atoms with Crippen LogP contribution in [0.15, 0.2) is 0 Å². The Kier molecular flexibility index (Phi) is 7.63. The second-order valence-electron chi connectivity index (χ2n) is 2.98. The maximum Gasteiger partial charge on any atom is 0.306 e. The fraction of sp³-hybridized carbons (Fsp3) is 0.889. The van der Waals surface area contributed by atoms with Gasteiger partial charge in [-0.3, -0.25) is 4.79 Å². The van der Waals surface area contributed by atoms with E-state index < -0.39 is 0 Å². The van der Waals surface area contributed by atoms with E-state index in [1.807, 2.05) is 7.05 Å². The highest BCUT2D eigenvalue weighted by atomic mass is 16.5. The fourth-order valence-corrected chi connectivity index (χ4v) is 0.975. The molecule has 0 saturated carbocycles. The van der Waals surface area contributed by atoms with E-state index in [-0.39, 0.29) is 5.97 Å². The minimum absolute atomic E-state index is 0.154. The van der Waals surface area contributed by atoms with Gasteiger partial charge in [0.2, 0.25) is 0 Å². The van der Waals surface area contributed by atoms with Crippen molar-refractivity contribution in [2.75, 3.05) is 41.0 Å². The van der Waals surface area contributed by atoms with Gasteiger partial charge >= 0.3 is 5.97 Å². The van der Waals surface area contributed by atoms with Crippen LogP contribution in [0.5, 0.6) is 0 Å². The van der Waals surface area contributed by atoms with Crippen LogP contribution in [0, 0.1) is 0 Å². The summed E-state index contributed by atoms with van der Waals surface area (Å²) in [5.74, 6) is -0.154. The summed E-state index contributed by atoms with van der Waals surface area (Å²) in [5, 5.41) is 0. The molecule has 0 amide bonds. The molecule has 0 aromatic heterocycles. The van der Waals surface area contributed by atoms with E-state index in [1.165, 1.54) is 7.11 Å². The van der Waals surface area contributed by atoms with Crippen molar-refractivity contribution in [3.63, 3.8) is 0 Å². The molecule has 78 valence electrons. The van der Waals surface area contributed by atoms with Gasteiger partial charge in [-0.25, -0.2) is 0 Å². The molecular weight excluding hydrogens is 170 g/mol. The molecule has 4 nitrogen and oxygen atoms in total. The molecule has 0 heterocycles. The van der Waals surface area contributed by atoms with Gasteiger partial charge in [-0.2, -0.15) is 0 Å². The first-order chi connectivity index (χ1) is 6.20. The van der Waals surface area contributed by atoms with Crippen molar-refractivity contribution in [3.8, 4) is 0 Å². The molecule has 4 heteroatoms. The average molecular weight is 189 g/mol. The summed E-state index contributed by atoms with van der Waals surface area (Å²) in [6.07, 6.45) is 1.45. The highest BCUT2D eigenvalue weighted by molar-refractivity contribution is 5.69. The van der Waals surface area contributed by atoms with E-state index in [2.05, 4.69) is 9.64 Å². The van der Waals surface area contributed by atoms with Crippen LogP contribution in [0.25, 0.3) is 0 Å². The molecule has 0 bridgehead atoms. The molecule has 0 aromatic carbocycles. The van der Waals surface area contributed by atoms with Gasteiger partial charge in [0.05, 0.1) is 13.5 Å². The second-order valence-corrected chi connectivity index (χ2v) is 2.98. The van der Waals surface area contributed by atoms with Gasteiger partial charge in [-0.15, -0.1) is 0 Å². The summed E-state index contributed by atoms with van der Waals surface area (Å²) in [6, 6.07) is 0. The monoisotopic (exact) mass is 189 g/mol. The quantitative estimate of drug-likeness (QED) is 0.432. The average Bonchev–Trinajstić information content (AvgIpc) is 2.14. The van der Waals surface area contributed by atoms with Crippen LogP contribution in [0.1, 0.15) is 12.8 Å². The molecule has 0 unspecified atom stereocenters. The summed E-state index contributed by atoms with van der Waals surface area (Å²) in [4.78, 5) is 12.9. The SMILES string of the molecule is COCCCN(C)CCC(=O)OC. The lowest BCUT2D eigenvalue weighted by Crippen LogP contribution is -2.24. The lowest BCUT2D eigenvalue weighted by Gasteiger charge is -2.14. The topological polar surface area (TPSA) is 38.8 Å². The lowest BCUT2D eigenvalue weighted by atomic mass is 10.3. The molecule has 0 aliphatic carbocycles. The second kappa shape index (κ2) is 8.01. The number of ether oxygens (including phenoxy) is 2. The smallest absolute Gasteiger partial charge is 0.306 e. The van der Waals surface area contributed by atoms with Crippen molar-refractivity contribution < 1.29 is 14.3 Å². The Balaban J connectivity index is 3.29. The zero-order valence-electron chi connectivity index (χ0n) is 8.71. The van der Waals surface area contributed by atoms with E-state index in [1.54, 1.807) is 7.11 Å². The Morgan fingerprint density at radius 3 is 2.54 bits per heavy atom. The zero-order valence-corrected chi connectivity index (χ0v) is 8.71. The Hall–Kier alpha value is -0.610. The minimum atomic E-state index is -0.154. The molecule has 0 radical (unpaired) electrons. The molecule has 0 aliphatic heterocycles. The van der Waals surface area contributed by atoms with Crippen molar-refractivity contribution in [1.29, 1.82) is 0 Å². The van der Waals surface area contributed by atoms with Crippen molar-refractivity contribution in [1.82, 2.24) is 4.90 Å². The first-order valence-electron chi connectivity index (χ1n) is 4.45. The van der Waals surface area contributed by atoms with Crippen molar-refractivity contribution in [2.45, 2.75) is 12.8 Å². The Morgan fingerprint density at radius 2 is 2.00 bits per heavy atom. The Morgan fingerprint density at radius 1 is 1.31 bits per heavy atom. The van der Waals surface area contributed by atoms with Crippen LogP contribution in [-0.4, -0.2) is 51.8 Å². The maximum absolute atomic E-state index is 10.8. The predicted molar refractivity (Wildman–Crippen MR) is 50.6 cm³/mol. The van der Waals surface area contributed by atoms with Gasteiger partial charge in [-0.1, -0.05) is 0 Å². The summed E-state index contributed by atoms with van der Waals surface area (Å²) in [6.45, 7) is 2.46. The van der Waals surface area contributed by atoms with Crippen molar-refractivity contribution >= 4 is 5.97 Å². The Bertz CT molecular complexity index is 139. The maximum atomic E-state index is 10.8. The van der Waals surface area contributed by atoms with Crippen LogP contribution in [0.4, 0.5) is 0 Å². The third-order valence-electron chi connectivity index (χ3n) is 1.81. The van der Waals surface area contributed by atoms with Crippen LogP contribution < -0.4 is 0 Å². The molecule has 0 N–H and O–H groups in total. The van der Waals surface area contributed by atoms with E-state index >= 15 is 0 Å². The van der Waals surface area contributed by atoms with E-state index in [0.717, 1.165) is 26.1 Å². The summed E-state index contributed by atoms with van der Waals surface area (Å²) in [7, 11) is 5.08. The number of nitrogens with zero attached hydrogens (tertiary/aromatic N) is 1. The van der Waals surface area contributed by atoms with Crippen LogP contribution in [0.2, 0.25) is 0 Å². The molecule has 0 spiro atoms. The lowest BCUT2D eigenvalue weighted by molar-refractivity contribution is -0.140. The summed E-state index contributed by atoms with van der Waals surface area (Å²) < 4.78 is 9.46. The molecular formula is C9H19NO3. The predicted octanol–water partition coefficient (Wildman–Crippen LogP) is 0.518. The van der Waals surface area contributed by atoms with Gasteiger partial charge in [0, 0.05) is 26.8 Å². The summed E-state index contributed by atoms with van der Waals surface area (Å²) in [5.41, 5.74) is 0. The number of esters is 1. The normalized spacial score (nSPS) is 10.5. The standard InChI is InChI=1S/C9H19NO3/c1-10(6-4-8-12-2)7-5-9(11)13-3/h4-8H2,1-3H3. The molecule has 0 aromatic rings. The number of hydrogen-bond acceptors (Lipinski definition) is 4. The van der Waals surface area contributed by atoms with E-state index in [0.29, 0.717) is 6.42 Å². The highest BCUT2D eigenvalue weighted by Gasteiger charge is 2.03. The van der Waals surface area contributed by atoms with Gasteiger partial charge in [0.1, 0.15) is 0 Å². The molecule has 13 heavy (non-hydrogen) atoms. The largest absolute Gasteiger partial charge is 0.469 e. The third-order valence-corrected chi connectivity index (χ3v) is 1.81. The van der Waals surface area contributed by atoms with E-state index in [4.69, 9.17) is 4.74 Å². The minimum Gasteiger partial charge on any atom is -0.469 e. The molecule has 0 aliphatic rings. The number of methoxy groups -OCH3 is 2. The van der Waals surface area contributed by atoms with Crippen LogP contribution >= 0.6 is 0 Å². The van der Waals surface area contributed by atoms with Crippen molar-refractivity contribution in [2.24, 2.45) is 0 Å². The number of rotatable bonds is 7. The Labute approximate surface area is 79.8 Å². The van der Waals surface area contributed by atoms with Crippen LogP contribution in [-0.2, 0) is 14.3 Å². The van der Waals surface area contributed by atoms with Gasteiger partial charge in [0.15, 0.2) is 0 Å². The first kappa shape index (κ1) is 12.4. The number of carbonyl (C=O) groups is 1. The molecule has 0 saturated heterocycles. The highest BCUT2D eigenvalue weighted by Crippen LogP contribution is 1.92. The van der Waals surface area contributed by atoms with Gasteiger partial charge in [-0.05, 0) is 13.5 Å². The first-order valence-corrected chi connectivity index (χ1v) is 4.45. The van der Waals surface area contributed by atoms with Crippen molar-refractivity contribution in [3.05, 3.63) is 0 Å². The third kappa shape index (κ3) is 7.74. The molecule has 0 atom stereocenters. The number of hydrogen-bond donors (Lipinski definition) is 0. The molecule has 0 fully saturated rings. The van der Waals surface area contributed by atoms with Gasteiger partial charge in [0.25, 0.3) is 0 Å². The summed E-state index contributed by atoms with van der Waals surface area (Å²) >= 11 is 0. The molecule has 0 rings (SSSR count).